The molecule has 0 saturated heterocycles. The summed E-state index contributed by atoms with van der Waals surface area (Å²) in [6.07, 6.45) is 4.85. The number of nitrogens with one attached hydrogen (secondary N) is 1. The fourth-order valence-electron chi connectivity index (χ4n) is 1.39. The highest BCUT2D eigenvalue weighted by molar-refractivity contribution is 6.31. The molecule has 0 aromatic carbocycles. The van der Waals surface area contributed by atoms with Crippen molar-refractivity contribution in [3.8, 4) is 6.07 Å². The molecular weight excluding hydrogens is 222 g/mol. The molecule has 1 aromatic heterocycles. The van der Waals surface area contributed by atoms with Crippen molar-refractivity contribution in [3.05, 3.63) is 22.8 Å². The summed E-state index contributed by atoms with van der Waals surface area (Å²) in [6, 6.07) is 5.45. The summed E-state index contributed by atoms with van der Waals surface area (Å²) in [5, 5.41) is 12.3. The van der Waals surface area contributed by atoms with Gasteiger partial charge in [0.2, 0.25) is 0 Å². The van der Waals surface area contributed by atoms with Crippen molar-refractivity contribution in [3.63, 3.8) is 0 Å². The summed E-state index contributed by atoms with van der Waals surface area (Å²) in [4.78, 5) is 4.10. The molecule has 0 fully saturated rings. The fraction of sp³-hybridized carbons (Fsp3) is 0.500. The molecule has 0 saturated carbocycles. The van der Waals surface area contributed by atoms with E-state index >= 15 is 0 Å². The Morgan fingerprint density at radius 2 is 2.19 bits per heavy atom. The van der Waals surface area contributed by atoms with E-state index in [1.54, 1.807) is 12.1 Å². The predicted octanol–water partition coefficient (Wildman–Crippen LogP) is 3.60. The van der Waals surface area contributed by atoms with Crippen LogP contribution in [0.15, 0.2) is 12.1 Å². The third-order valence-corrected chi connectivity index (χ3v) is 2.59. The Bertz CT molecular complexity index is 371. The van der Waals surface area contributed by atoms with Gasteiger partial charge in [0.1, 0.15) is 11.9 Å². The number of halogens is 1. The van der Waals surface area contributed by atoms with Gasteiger partial charge in [0, 0.05) is 6.54 Å². The first-order valence-corrected chi connectivity index (χ1v) is 5.96. The Kier molecular flexibility index (Phi) is 5.66. The van der Waals surface area contributed by atoms with Gasteiger partial charge in [-0.3, -0.25) is 0 Å². The van der Waals surface area contributed by atoms with Gasteiger partial charge in [-0.15, -0.1) is 0 Å². The van der Waals surface area contributed by atoms with Gasteiger partial charge < -0.3 is 5.32 Å². The average Bonchev–Trinajstić information content (AvgIpc) is 2.31. The summed E-state index contributed by atoms with van der Waals surface area (Å²) in [5.74, 6) is 0.720. The maximum Gasteiger partial charge on any atom is 0.161 e. The lowest BCUT2D eigenvalue weighted by Gasteiger charge is -2.05. The largest absolute Gasteiger partial charge is 0.370 e. The molecule has 0 radical (unpaired) electrons. The molecule has 3 nitrogen and oxygen atoms in total. The smallest absolute Gasteiger partial charge is 0.161 e. The number of anilines is 1. The van der Waals surface area contributed by atoms with Crippen molar-refractivity contribution in [2.45, 2.75) is 32.6 Å². The second-order valence-electron chi connectivity index (χ2n) is 3.63. The van der Waals surface area contributed by atoms with E-state index in [-0.39, 0.29) is 5.69 Å². The van der Waals surface area contributed by atoms with Gasteiger partial charge in [-0.05, 0) is 18.6 Å². The molecule has 0 spiro atoms. The lowest BCUT2D eigenvalue weighted by molar-refractivity contribution is 0.684. The van der Waals surface area contributed by atoms with Crippen LogP contribution >= 0.6 is 11.6 Å². The van der Waals surface area contributed by atoms with Crippen molar-refractivity contribution in [2.75, 3.05) is 11.9 Å². The number of hydrogen-bond donors (Lipinski definition) is 1. The number of nitriles is 1. The summed E-state index contributed by atoms with van der Waals surface area (Å²) in [7, 11) is 0. The van der Waals surface area contributed by atoms with E-state index in [0.29, 0.717) is 5.02 Å². The number of hydrogen-bond acceptors (Lipinski definition) is 3. The Morgan fingerprint density at radius 1 is 1.38 bits per heavy atom. The zero-order valence-electron chi connectivity index (χ0n) is 9.46. The first kappa shape index (κ1) is 12.8. The van der Waals surface area contributed by atoms with Crippen LogP contribution < -0.4 is 5.32 Å². The average molecular weight is 238 g/mol. The fourth-order valence-corrected chi connectivity index (χ4v) is 1.53. The number of rotatable bonds is 6. The summed E-state index contributed by atoms with van der Waals surface area (Å²) in [5.41, 5.74) is 0.278. The van der Waals surface area contributed by atoms with Crippen LogP contribution in [0.4, 0.5) is 5.82 Å². The number of pyridine rings is 1. The van der Waals surface area contributed by atoms with Crippen LogP contribution in [0.1, 0.15) is 38.3 Å². The molecular formula is C12H16ClN3. The SMILES string of the molecule is CCCCCCNc1ccc(Cl)c(C#N)n1. The van der Waals surface area contributed by atoms with Crippen molar-refractivity contribution < 1.29 is 0 Å². The number of aromatic nitrogens is 1. The monoisotopic (exact) mass is 237 g/mol. The van der Waals surface area contributed by atoms with Crippen LogP contribution in [0.25, 0.3) is 0 Å². The highest BCUT2D eigenvalue weighted by Crippen LogP contribution is 2.15. The van der Waals surface area contributed by atoms with Gasteiger partial charge in [-0.25, -0.2) is 4.98 Å². The second kappa shape index (κ2) is 7.08. The van der Waals surface area contributed by atoms with Crippen molar-refractivity contribution in [1.82, 2.24) is 4.98 Å². The van der Waals surface area contributed by atoms with Gasteiger partial charge in [0.15, 0.2) is 5.69 Å². The van der Waals surface area contributed by atoms with Crippen molar-refractivity contribution in [1.29, 1.82) is 5.26 Å². The molecule has 0 bridgehead atoms. The lowest BCUT2D eigenvalue weighted by Crippen LogP contribution is -2.03. The molecule has 0 amide bonds. The highest BCUT2D eigenvalue weighted by Gasteiger charge is 2.01. The van der Waals surface area contributed by atoms with Crippen LogP contribution in [0.3, 0.4) is 0 Å². The normalized spacial score (nSPS) is 9.81. The van der Waals surface area contributed by atoms with Gasteiger partial charge in [0.25, 0.3) is 0 Å². The van der Waals surface area contributed by atoms with Crippen LogP contribution in [-0.2, 0) is 0 Å². The standard InChI is InChI=1S/C12H16ClN3/c1-2-3-4-5-8-15-12-7-6-10(13)11(9-14)16-12/h6-7H,2-5,8H2,1H3,(H,15,16). The number of unbranched alkanes of at least 4 members (excludes halogenated alkanes) is 3. The Labute approximate surface area is 101 Å². The second-order valence-corrected chi connectivity index (χ2v) is 4.03. The minimum Gasteiger partial charge on any atom is -0.370 e. The maximum absolute atomic E-state index is 8.76. The first-order chi connectivity index (χ1) is 7.77. The van der Waals surface area contributed by atoms with E-state index in [4.69, 9.17) is 16.9 Å². The molecule has 1 heterocycles. The molecule has 1 aromatic rings. The van der Waals surface area contributed by atoms with Crippen LogP contribution in [-0.4, -0.2) is 11.5 Å². The Balaban J connectivity index is 2.40. The third kappa shape index (κ3) is 4.08. The molecule has 0 unspecified atom stereocenters. The maximum atomic E-state index is 8.76. The van der Waals surface area contributed by atoms with E-state index in [0.717, 1.165) is 18.8 Å². The zero-order valence-corrected chi connectivity index (χ0v) is 10.2. The minimum absolute atomic E-state index is 0.278. The third-order valence-electron chi connectivity index (χ3n) is 2.29. The summed E-state index contributed by atoms with van der Waals surface area (Å²) in [6.45, 7) is 3.08. The predicted molar refractivity (Wildman–Crippen MR) is 66.6 cm³/mol. The Morgan fingerprint density at radius 3 is 2.88 bits per heavy atom. The minimum atomic E-state index is 0.278. The molecule has 86 valence electrons. The zero-order chi connectivity index (χ0) is 11.8. The van der Waals surface area contributed by atoms with E-state index in [1.165, 1.54) is 19.3 Å². The quantitative estimate of drug-likeness (QED) is 0.769. The summed E-state index contributed by atoms with van der Waals surface area (Å²) < 4.78 is 0. The molecule has 0 aliphatic heterocycles. The molecule has 0 atom stereocenters. The molecule has 4 heteroatoms. The van der Waals surface area contributed by atoms with Crippen molar-refractivity contribution >= 4 is 17.4 Å². The Hall–Kier alpha value is -1.27. The molecule has 1 N–H and O–H groups in total. The summed E-state index contributed by atoms with van der Waals surface area (Å²) >= 11 is 5.79. The van der Waals surface area contributed by atoms with Crippen LogP contribution in [0, 0.1) is 11.3 Å². The molecule has 1 rings (SSSR count). The molecule has 16 heavy (non-hydrogen) atoms. The highest BCUT2D eigenvalue weighted by atomic mass is 35.5. The van der Waals surface area contributed by atoms with Crippen LogP contribution in [0.2, 0.25) is 5.02 Å². The van der Waals surface area contributed by atoms with Gasteiger partial charge in [-0.1, -0.05) is 37.8 Å². The van der Waals surface area contributed by atoms with E-state index in [2.05, 4.69) is 17.2 Å². The molecule has 0 aliphatic rings. The van der Waals surface area contributed by atoms with E-state index in [1.807, 2.05) is 6.07 Å². The van der Waals surface area contributed by atoms with Gasteiger partial charge in [0.05, 0.1) is 5.02 Å². The van der Waals surface area contributed by atoms with Gasteiger partial charge >= 0.3 is 0 Å². The molecule has 0 aliphatic carbocycles. The van der Waals surface area contributed by atoms with Gasteiger partial charge in [-0.2, -0.15) is 5.26 Å². The lowest BCUT2D eigenvalue weighted by atomic mass is 10.2. The topological polar surface area (TPSA) is 48.7 Å². The number of nitrogens with zero attached hydrogens (tertiary/aromatic N) is 2. The van der Waals surface area contributed by atoms with E-state index in [9.17, 15) is 0 Å². The van der Waals surface area contributed by atoms with E-state index < -0.39 is 0 Å². The van der Waals surface area contributed by atoms with Crippen molar-refractivity contribution in [2.24, 2.45) is 0 Å². The van der Waals surface area contributed by atoms with Crippen LogP contribution in [0.5, 0.6) is 0 Å². The first-order valence-electron chi connectivity index (χ1n) is 5.58.